The molecule has 8 nitrogen and oxygen atoms in total. The smallest absolute Gasteiger partial charge is 0.363 e. The molecule has 0 aliphatic carbocycles. The summed E-state index contributed by atoms with van der Waals surface area (Å²) in [6.45, 7) is 2.29. The van der Waals surface area contributed by atoms with Crippen molar-refractivity contribution in [3.05, 3.63) is 69.3 Å². The second kappa shape index (κ2) is 9.74. The molecular formula is C24H22N2O6S. The Morgan fingerprint density at radius 3 is 2.39 bits per heavy atom. The highest BCUT2D eigenvalue weighted by Gasteiger charge is 2.25. The number of hydrogen-bond acceptors (Lipinski definition) is 9. The minimum atomic E-state index is -0.544. The number of nitrogens with zero attached hydrogens (tertiary/aromatic N) is 2. The van der Waals surface area contributed by atoms with Gasteiger partial charge in [-0.15, -0.1) is 11.3 Å². The molecule has 0 atom stereocenters. The SMILES string of the molecule is COc1ccc(C2=N/C(=C/c3ccc(OCc4csc(C)n4)c(OC)c3)C(=O)O2)cc1OC. The van der Waals surface area contributed by atoms with Crippen molar-refractivity contribution in [2.24, 2.45) is 4.99 Å². The summed E-state index contributed by atoms with van der Waals surface area (Å²) in [7, 11) is 4.65. The highest BCUT2D eigenvalue weighted by molar-refractivity contribution is 7.09. The minimum Gasteiger partial charge on any atom is -0.493 e. The average molecular weight is 467 g/mol. The van der Waals surface area contributed by atoms with Crippen LogP contribution in [0.3, 0.4) is 0 Å². The number of aryl methyl sites for hydroxylation is 1. The van der Waals surface area contributed by atoms with Gasteiger partial charge in [0, 0.05) is 10.9 Å². The van der Waals surface area contributed by atoms with Crippen molar-refractivity contribution in [3.63, 3.8) is 0 Å². The molecule has 33 heavy (non-hydrogen) atoms. The molecule has 1 aliphatic rings. The largest absolute Gasteiger partial charge is 0.493 e. The van der Waals surface area contributed by atoms with Gasteiger partial charge in [-0.25, -0.2) is 14.8 Å². The molecule has 0 radical (unpaired) electrons. The van der Waals surface area contributed by atoms with Crippen molar-refractivity contribution < 1.29 is 28.5 Å². The minimum absolute atomic E-state index is 0.174. The summed E-state index contributed by atoms with van der Waals surface area (Å²) in [5.74, 6) is 1.84. The van der Waals surface area contributed by atoms with E-state index in [9.17, 15) is 4.79 Å². The van der Waals surface area contributed by atoms with E-state index < -0.39 is 5.97 Å². The summed E-state index contributed by atoms with van der Waals surface area (Å²) in [5, 5.41) is 2.94. The number of rotatable bonds is 8. The summed E-state index contributed by atoms with van der Waals surface area (Å²) in [4.78, 5) is 21.1. The molecular weight excluding hydrogens is 444 g/mol. The molecule has 0 unspecified atom stereocenters. The Kier molecular flexibility index (Phi) is 6.60. The number of benzene rings is 2. The van der Waals surface area contributed by atoms with Gasteiger partial charge < -0.3 is 23.7 Å². The van der Waals surface area contributed by atoms with Gasteiger partial charge in [-0.05, 0) is 48.9 Å². The quantitative estimate of drug-likeness (QED) is 0.359. The van der Waals surface area contributed by atoms with Gasteiger partial charge in [0.2, 0.25) is 5.90 Å². The van der Waals surface area contributed by atoms with Crippen LogP contribution in [0.25, 0.3) is 6.08 Å². The topological polar surface area (TPSA) is 88.5 Å². The molecule has 2 heterocycles. The van der Waals surface area contributed by atoms with Crippen molar-refractivity contribution in [2.45, 2.75) is 13.5 Å². The van der Waals surface area contributed by atoms with Crippen LogP contribution >= 0.6 is 11.3 Å². The fraction of sp³-hybridized carbons (Fsp3) is 0.208. The number of thiazole rings is 1. The lowest BCUT2D eigenvalue weighted by atomic mass is 10.1. The molecule has 1 aromatic heterocycles. The number of carbonyl (C=O) groups is 1. The molecule has 0 N–H and O–H groups in total. The molecule has 3 aromatic rings. The third-order valence-corrected chi connectivity index (χ3v) is 5.61. The van der Waals surface area contributed by atoms with E-state index in [2.05, 4.69) is 9.98 Å². The molecule has 0 bridgehead atoms. The highest BCUT2D eigenvalue weighted by atomic mass is 32.1. The molecule has 170 valence electrons. The van der Waals surface area contributed by atoms with E-state index in [1.54, 1.807) is 62.0 Å². The summed E-state index contributed by atoms with van der Waals surface area (Å²) in [5.41, 5.74) is 2.35. The normalized spacial score (nSPS) is 14.1. The Labute approximate surface area is 195 Å². The standard InChI is InChI=1S/C24H22N2O6S/c1-14-25-17(13-33-14)12-31-20-7-5-15(10-21(20)29-3)9-18-24(27)32-23(26-18)16-6-8-19(28-2)22(11-16)30-4/h5-11,13H,12H2,1-4H3/b18-9+. The van der Waals surface area contributed by atoms with Crippen LogP contribution in [0.5, 0.6) is 23.0 Å². The van der Waals surface area contributed by atoms with Crippen molar-refractivity contribution in [2.75, 3.05) is 21.3 Å². The first-order valence-electron chi connectivity index (χ1n) is 9.97. The predicted octanol–water partition coefficient (Wildman–Crippen LogP) is 4.40. The average Bonchev–Trinajstić information content (AvgIpc) is 3.42. The Balaban J connectivity index is 1.55. The third-order valence-electron chi connectivity index (χ3n) is 4.78. The zero-order chi connectivity index (χ0) is 23.4. The van der Waals surface area contributed by atoms with Crippen molar-refractivity contribution in [3.8, 4) is 23.0 Å². The molecule has 2 aromatic carbocycles. The van der Waals surface area contributed by atoms with Gasteiger partial charge in [0.05, 0.1) is 32.0 Å². The first-order valence-corrected chi connectivity index (χ1v) is 10.9. The lowest BCUT2D eigenvalue weighted by Gasteiger charge is -2.10. The van der Waals surface area contributed by atoms with Gasteiger partial charge in [-0.2, -0.15) is 0 Å². The zero-order valence-electron chi connectivity index (χ0n) is 18.6. The van der Waals surface area contributed by atoms with Crippen LogP contribution < -0.4 is 18.9 Å². The molecule has 9 heteroatoms. The van der Waals surface area contributed by atoms with E-state index in [1.165, 1.54) is 7.11 Å². The van der Waals surface area contributed by atoms with E-state index in [4.69, 9.17) is 23.7 Å². The second-order valence-electron chi connectivity index (χ2n) is 6.96. The number of methoxy groups -OCH3 is 3. The number of cyclic esters (lactones) is 1. The number of aliphatic imine (C=N–C) groups is 1. The van der Waals surface area contributed by atoms with Crippen molar-refractivity contribution in [1.82, 2.24) is 4.98 Å². The zero-order valence-corrected chi connectivity index (χ0v) is 19.4. The number of aromatic nitrogens is 1. The van der Waals surface area contributed by atoms with Crippen LogP contribution in [-0.2, 0) is 16.1 Å². The van der Waals surface area contributed by atoms with Crippen molar-refractivity contribution >= 4 is 29.3 Å². The Hall–Kier alpha value is -3.85. The van der Waals surface area contributed by atoms with E-state index >= 15 is 0 Å². The van der Waals surface area contributed by atoms with Crippen LogP contribution in [0.4, 0.5) is 0 Å². The molecule has 0 amide bonds. The fourth-order valence-corrected chi connectivity index (χ4v) is 3.78. The van der Waals surface area contributed by atoms with E-state index in [0.29, 0.717) is 40.7 Å². The molecule has 0 saturated carbocycles. The fourth-order valence-electron chi connectivity index (χ4n) is 3.18. The molecule has 0 spiro atoms. The lowest BCUT2D eigenvalue weighted by molar-refractivity contribution is -0.129. The number of ether oxygens (including phenoxy) is 5. The van der Waals surface area contributed by atoms with Gasteiger partial charge in [-0.3, -0.25) is 0 Å². The first-order chi connectivity index (χ1) is 16.0. The maximum Gasteiger partial charge on any atom is 0.363 e. The number of esters is 1. The predicted molar refractivity (Wildman–Crippen MR) is 124 cm³/mol. The van der Waals surface area contributed by atoms with Crippen LogP contribution in [-0.4, -0.2) is 38.2 Å². The number of carbonyl (C=O) groups excluding carboxylic acids is 1. The molecule has 1 aliphatic heterocycles. The summed E-state index contributed by atoms with van der Waals surface area (Å²) >= 11 is 1.57. The maximum atomic E-state index is 12.4. The van der Waals surface area contributed by atoms with E-state index in [0.717, 1.165) is 10.7 Å². The van der Waals surface area contributed by atoms with Crippen LogP contribution in [0.15, 0.2) is 52.5 Å². The van der Waals surface area contributed by atoms with Gasteiger partial charge in [0.15, 0.2) is 28.7 Å². The summed E-state index contributed by atoms with van der Waals surface area (Å²) < 4.78 is 27.2. The highest BCUT2D eigenvalue weighted by Crippen LogP contribution is 2.32. The van der Waals surface area contributed by atoms with E-state index in [-0.39, 0.29) is 11.6 Å². The summed E-state index contributed by atoms with van der Waals surface area (Å²) in [6, 6.07) is 10.5. The Morgan fingerprint density at radius 1 is 0.970 bits per heavy atom. The second-order valence-corrected chi connectivity index (χ2v) is 8.02. The number of hydrogen-bond donors (Lipinski definition) is 0. The maximum absolute atomic E-state index is 12.4. The Morgan fingerprint density at radius 2 is 1.70 bits per heavy atom. The van der Waals surface area contributed by atoms with Crippen LogP contribution in [0, 0.1) is 6.92 Å². The van der Waals surface area contributed by atoms with Gasteiger partial charge in [0.1, 0.15) is 6.61 Å². The monoisotopic (exact) mass is 466 g/mol. The first kappa shape index (κ1) is 22.3. The third kappa shape index (κ3) is 4.98. The van der Waals surface area contributed by atoms with Gasteiger partial charge >= 0.3 is 5.97 Å². The van der Waals surface area contributed by atoms with Gasteiger partial charge in [0.25, 0.3) is 0 Å². The van der Waals surface area contributed by atoms with E-state index in [1.807, 2.05) is 18.4 Å². The van der Waals surface area contributed by atoms with Crippen LogP contribution in [0.2, 0.25) is 0 Å². The molecule has 0 fully saturated rings. The van der Waals surface area contributed by atoms with Gasteiger partial charge in [-0.1, -0.05) is 6.07 Å². The van der Waals surface area contributed by atoms with Crippen LogP contribution in [0.1, 0.15) is 21.8 Å². The summed E-state index contributed by atoms with van der Waals surface area (Å²) in [6.07, 6.45) is 1.63. The lowest BCUT2D eigenvalue weighted by Crippen LogP contribution is -2.06. The molecule has 0 saturated heterocycles. The molecule has 4 rings (SSSR count). The van der Waals surface area contributed by atoms with Crippen molar-refractivity contribution in [1.29, 1.82) is 0 Å². The Bertz CT molecular complexity index is 1250.